The quantitative estimate of drug-likeness (QED) is 0.736. The molecule has 0 aliphatic heterocycles. The van der Waals surface area contributed by atoms with Crippen molar-refractivity contribution in [2.24, 2.45) is 28.6 Å². The van der Waals surface area contributed by atoms with E-state index in [2.05, 4.69) is 19.9 Å². The molecule has 2 nitrogen and oxygen atoms in total. The summed E-state index contributed by atoms with van der Waals surface area (Å²) in [6.45, 7) is 6.35. The second kappa shape index (κ2) is 3.16. The minimum atomic E-state index is -1.05. The van der Waals surface area contributed by atoms with E-state index in [1.165, 1.54) is 12.8 Å². The van der Waals surface area contributed by atoms with E-state index in [0.29, 0.717) is 10.8 Å². The molecule has 4 aliphatic carbocycles. The minimum Gasteiger partial charge on any atom is -0.393 e. The molecule has 4 aliphatic rings. The maximum absolute atomic E-state index is 9.76. The van der Waals surface area contributed by atoms with E-state index in [-0.39, 0.29) is 6.61 Å². The summed E-state index contributed by atoms with van der Waals surface area (Å²) in [5.74, 6) is 2.87. The van der Waals surface area contributed by atoms with Crippen molar-refractivity contribution in [3.8, 4) is 0 Å². The highest BCUT2D eigenvalue weighted by Gasteiger charge is 2.80. The topological polar surface area (TPSA) is 40.5 Å². The monoisotopic (exact) mass is 236 g/mol. The molecular weight excluding hydrogens is 212 g/mol. The van der Waals surface area contributed by atoms with E-state index in [1.54, 1.807) is 13.0 Å². The van der Waals surface area contributed by atoms with Crippen LogP contribution in [0.1, 0.15) is 40.0 Å². The Hall–Kier alpha value is -0.340. The fraction of sp³-hybridized carbons (Fsp3) is 0.867. The highest BCUT2D eigenvalue weighted by atomic mass is 16.3. The zero-order valence-electron chi connectivity index (χ0n) is 11.1. The van der Waals surface area contributed by atoms with Gasteiger partial charge in [0.25, 0.3) is 0 Å². The molecule has 0 saturated heterocycles. The van der Waals surface area contributed by atoms with Crippen LogP contribution in [-0.4, -0.2) is 22.4 Å². The van der Waals surface area contributed by atoms with Gasteiger partial charge in [-0.3, -0.25) is 0 Å². The Morgan fingerprint density at radius 1 is 1.29 bits per heavy atom. The summed E-state index contributed by atoms with van der Waals surface area (Å²) >= 11 is 0. The first-order chi connectivity index (χ1) is 7.85. The molecule has 4 rings (SSSR count). The van der Waals surface area contributed by atoms with Gasteiger partial charge in [0.1, 0.15) is 5.60 Å². The van der Waals surface area contributed by atoms with Crippen molar-refractivity contribution in [1.29, 1.82) is 0 Å². The van der Waals surface area contributed by atoms with Crippen molar-refractivity contribution in [2.45, 2.75) is 45.6 Å². The highest BCUT2D eigenvalue weighted by molar-refractivity contribution is 5.29. The summed E-state index contributed by atoms with van der Waals surface area (Å²) < 4.78 is 0. The Kier molecular flexibility index (Phi) is 2.18. The normalized spacial score (nSPS) is 54.3. The molecule has 0 aromatic heterocycles. The molecule has 0 aromatic rings. The van der Waals surface area contributed by atoms with Gasteiger partial charge < -0.3 is 10.2 Å². The van der Waals surface area contributed by atoms with Gasteiger partial charge in [-0.05, 0) is 54.8 Å². The molecule has 0 heterocycles. The lowest BCUT2D eigenvalue weighted by Gasteiger charge is -2.33. The van der Waals surface area contributed by atoms with Gasteiger partial charge in [0.2, 0.25) is 0 Å². The van der Waals surface area contributed by atoms with Crippen LogP contribution in [0, 0.1) is 28.6 Å². The molecule has 0 aromatic carbocycles. The lowest BCUT2D eigenvalue weighted by molar-refractivity contribution is 0.0428. The average Bonchev–Trinajstić information content (AvgIpc) is 2.63. The molecule has 4 bridgehead atoms. The van der Waals surface area contributed by atoms with Crippen molar-refractivity contribution in [3.63, 3.8) is 0 Å². The highest BCUT2D eigenvalue weighted by Crippen LogP contribution is 2.86. The van der Waals surface area contributed by atoms with E-state index in [0.717, 1.165) is 24.2 Å². The molecule has 2 heteroatoms. The maximum atomic E-state index is 9.76. The van der Waals surface area contributed by atoms with Crippen molar-refractivity contribution in [1.82, 2.24) is 0 Å². The smallest absolute Gasteiger partial charge is 0.103 e. The van der Waals surface area contributed by atoms with Crippen LogP contribution in [0.2, 0.25) is 0 Å². The number of hydrogen-bond donors (Lipinski definition) is 2. The van der Waals surface area contributed by atoms with Crippen molar-refractivity contribution in [3.05, 3.63) is 12.2 Å². The third-order valence-corrected chi connectivity index (χ3v) is 6.46. The van der Waals surface area contributed by atoms with Crippen LogP contribution in [0.3, 0.4) is 0 Å². The molecule has 2 unspecified atom stereocenters. The largest absolute Gasteiger partial charge is 0.393 e. The average molecular weight is 236 g/mol. The van der Waals surface area contributed by atoms with Gasteiger partial charge in [0.05, 0.1) is 6.61 Å². The van der Waals surface area contributed by atoms with E-state index in [1.807, 2.05) is 0 Å². The van der Waals surface area contributed by atoms with Crippen molar-refractivity contribution in [2.75, 3.05) is 6.61 Å². The molecule has 0 radical (unpaired) electrons. The predicted octanol–water partition coefficient (Wildman–Crippen LogP) is 2.36. The summed E-state index contributed by atoms with van der Waals surface area (Å²) in [4.78, 5) is 0. The Bertz CT molecular complexity index is 359. The standard InChI is InChI=1S/C15H24O2/c1-13(17,9-16)5-4-6-14(2)10-7-11-12(8-10)15(11,14)3/h4-5,10-12,16-17H,6-9H2,1-3H3/b5-4+/t10?,11-,12+,13-,14+,15?/m0/s1. The predicted molar refractivity (Wildman–Crippen MR) is 67.4 cm³/mol. The molecule has 0 amide bonds. The van der Waals surface area contributed by atoms with Gasteiger partial charge in [-0.25, -0.2) is 0 Å². The van der Waals surface area contributed by atoms with Crippen molar-refractivity contribution < 1.29 is 10.2 Å². The molecule has 0 spiro atoms. The van der Waals surface area contributed by atoms with Crippen LogP contribution < -0.4 is 0 Å². The Balaban J connectivity index is 1.71. The molecule has 4 saturated carbocycles. The van der Waals surface area contributed by atoms with E-state index in [4.69, 9.17) is 5.11 Å². The van der Waals surface area contributed by atoms with Crippen LogP contribution in [-0.2, 0) is 0 Å². The zero-order valence-corrected chi connectivity index (χ0v) is 11.1. The molecule has 96 valence electrons. The second-order valence-electron chi connectivity index (χ2n) is 7.20. The second-order valence-corrected chi connectivity index (χ2v) is 7.20. The summed E-state index contributed by atoms with van der Waals surface area (Å²) in [6, 6.07) is 0. The number of aliphatic hydroxyl groups is 2. The molecule has 6 atom stereocenters. The van der Waals surface area contributed by atoms with Gasteiger partial charge in [0.15, 0.2) is 0 Å². The summed E-state index contributed by atoms with van der Waals surface area (Å²) in [6.07, 6.45) is 7.79. The molecule has 2 N–H and O–H groups in total. The summed E-state index contributed by atoms with van der Waals surface area (Å²) in [5, 5.41) is 18.8. The minimum absolute atomic E-state index is 0.202. The van der Waals surface area contributed by atoms with Gasteiger partial charge in [-0.1, -0.05) is 26.0 Å². The van der Waals surface area contributed by atoms with E-state index < -0.39 is 5.60 Å². The Morgan fingerprint density at radius 3 is 2.29 bits per heavy atom. The van der Waals surface area contributed by atoms with E-state index >= 15 is 0 Å². The first-order valence-corrected chi connectivity index (χ1v) is 6.86. The SMILES string of the molecule is CC12[C@@H]3CC(C[C@@H]31)[C@@]2(C)C/C=C/[C@](C)(O)CO. The molecular formula is C15H24O2. The molecule has 4 fully saturated rings. The van der Waals surface area contributed by atoms with Crippen molar-refractivity contribution >= 4 is 0 Å². The van der Waals surface area contributed by atoms with Gasteiger partial charge >= 0.3 is 0 Å². The fourth-order valence-corrected chi connectivity index (χ4v) is 5.03. The van der Waals surface area contributed by atoms with Crippen LogP contribution in [0.4, 0.5) is 0 Å². The third-order valence-electron chi connectivity index (χ3n) is 6.46. The third kappa shape index (κ3) is 1.29. The summed E-state index contributed by atoms with van der Waals surface area (Å²) in [7, 11) is 0. The van der Waals surface area contributed by atoms with E-state index in [9.17, 15) is 5.11 Å². The number of aliphatic hydroxyl groups excluding tert-OH is 1. The zero-order chi connectivity index (χ0) is 12.5. The van der Waals surface area contributed by atoms with Crippen LogP contribution in [0.15, 0.2) is 12.2 Å². The number of rotatable bonds is 4. The van der Waals surface area contributed by atoms with Gasteiger partial charge in [-0.15, -0.1) is 0 Å². The maximum Gasteiger partial charge on any atom is 0.103 e. The first kappa shape index (κ1) is 11.7. The van der Waals surface area contributed by atoms with Gasteiger partial charge in [0, 0.05) is 0 Å². The van der Waals surface area contributed by atoms with Gasteiger partial charge in [-0.2, -0.15) is 0 Å². The molecule has 17 heavy (non-hydrogen) atoms. The Morgan fingerprint density at radius 2 is 1.88 bits per heavy atom. The first-order valence-electron chi connectivity index (χ1n) is 6.86. The van der Waals surface area contributed by atoms with Crippen LogP contribution >= 0.6 is 0 Å². The summed E-state index contributed by atoms with van der Waals surface area (Å²) in [5.41, 5.74) is -0.0424. The number of hydrogen-bond acceptors (Lipinski definition) is 2. The lowest BCUT2D eigenvalue weighted by atomic mass is 9.71. The number of allylic oxidation sites excluding steroid dienone is 1. The van der Waals surface area contributed by atoms with Crippen LogP contribution in [0.25, 0.3) is 0 Å². The Labute approximate surface area is 104 Å². The fourth-order valence-electron chi connectivity index (χ4n) is 5.03. The lowest BCUT2D eigenvalue weighted by Crippen LogP contribution is -2.28. The van der Waals surface area contributed by atoms with Crippen LogP contribution in [0.5, 0.6) is 0 Å².